The summed E-state index contributed by atoms with van der Waals surface area (Å²) in [4.78, 5) is 23.4. The number of rotatable bonds is 8. The van der Waals surface area contributed by atoms with Gasteiger partial charge in [0.25, 0.3) is 0 Å². The molecular formula is C20H19F2NO4. The van der Waals surface area contributed by atoms with Crippen LogP contribution in [-0.2, 0) is 4.79 Å². The van der Waals surface area contributed by atoms with E-state index in [1.54, 1.807) is 37.3 Å². The number of nitrogens with one attached hydrogen (secondary N) is 1. The number of anilines is 1. The lowest BCUT2D eigenvalue weighted by Gasteiger charge is -2.11. The molecule has 27 heavy (non-hydrogen) atoms. The molecule has 2 aromatic carbocycles. The Bertz CT molecular complexity index is 850. The third-order valence-corrected chi connectivity index (χ3v) is 3.38. The van der Waals surface area contributed by atoms with Crippen LogP contribution in [0.25, 0.3) is 6.08 Å². The molecule has 0 radical (unpaired) electrons. The number of hydrogen-bond donors (Lipinski definition) is 1. The summed E-state index contributed by atoms with van der Waals surface area (Å²) >= 11 is 0. The Hall–Kier alpha value is -3.22. The SMILES string of the molecule is CCOc1cc(C=CC(=O)c2cccc(NC(C)=O)c2)ccc1OC(F)F. The van der Waals surface area contributed by atoms with Crippen LogP contribution in [0.4, 0.5) is 14.5 Å². The first-order valence-electron chi connectivity index (χ1n) is 8.20. The normalized spacial score (nSPS) is 10.9. The van der Waals surface area contributed by atoms with Crippen molar-refractivity contribution in [1.82, 2.24) is 0 Å². The molecule has 0 spiro atoms. The molecule has 142 valence electrons. The number of allylic oxidation sites excluding steroid dienone is 1. The lowest BCUT2D eigenvalue weighted by molar-refractivity contribution is -0.114. The molecule has 1 amide bonds. The lowest BCUT2D eigenvalue weighted by Crippen LogP contribution is -2.06. The van der Waals surface area contributed by atoms with Crippen LogP contribution in [0.5, 0.6) is 11.5 Å². The molecule has 1 N–H and O–H groups in total. The maximum absolute atomic E-state index is 12.4. The van der Waals surface area contributed by atoms with Crippen molar-refractivity contribution in [3.63, 3.8) is 0 Å². The second-order valence-electron chi connectivity index (χ2n) is 5.48. The molecule has 0 aliphatic rings. The van der Waals surface area contributed by atoms with Crippen LogP contribution in [0.2, 0.25) is 0 Å². The summed E-state index contributed by atoms with van der Waals surface area (Å²) in [5, 5.41) is 2.61. The fourth-order valence-corrected chi connectivity index (χ4v) is 2.31. The smallest absolute Gasteiger partial charge is 0.387 e. The van der Waals surface area contributed by atoms with Gasteiger partial charge in [-0.1, -0.05) is 24.3 Å². The minimum Gasteiger partial charge on any atom is -0.490 e. The second-order valence-corrected chi connectivity index (χ2v) is 5.48. The predicted octanol–water partition coefficient (Wildman–Crippen LogP) is 4.54. The van der Waals surface area contributed by atoms with Gasteiger partial charge >= 0.3 is 6.61 Å². The topological polar surface area (TPSA) is 64.6 Å². The van der Waals surface area contributed by atoms with Crippen LogP contribution in [0.1, 0.15) is 29.8 Å². The van der Waals surface area contributed by atoms with Gasteiger partial charge in [-0.25, -0.2) is 0 Å². The molecule has 0 saturated carbocycles. The number of carbonyl (C=O) groups is 2. The molecule has 0 aliphatic carbocycles. The first-order chi connectivity index (χ1) is 12.9. The molecule has 5 nitrogen and oxygen atoms in total. The molecule has 0 bridgehead atoms. The lowest BCUT2D eigenvalue weighted by atomic mass is 10.1. The van der Waals surface area contributed by atoms with Gasteiger partial charge in [-0.05, 0) is 42.8 Å². The summed E-state index contributed by atoms with van der Waals surface area (Å²) in [7, 11) is 0. The second kappa shape index (κ2) is 9.47. The minimum absolute atomic E-state index is 0.0710. The van der Waals surface area contributed by atoms with E-state index < -0.39 is 6.61 Å². The fraction of sp³-hybridized carbons (Fsp3) is 0.200. The molecular weight excluding hydrogens is 356 g/mol. The minimum atomic E-state index is -2.96. The summed E-state index contributed by atoms with van der Waals surface area (Å²) < 4.78 is 34.6. The van der Waals surface area contributed by atoms with Crippen LogP contribution in [-0.4, -0.2) is 24.9 Å². The largest absolute Gasteiger partial charge is 0.490 e. The predicted molar refractivity (Wildman–Crippen MR) is 98.4 cm³/mol. The average molecular weight is 375 g/mol. The number of benzene rings is 2. The third kappa shape index (κ3) is 6.22. The van der Waals surface area contributed by atoms with E-state index in [9.17, 15) is 18.4 Å². The number of amides is 1. The molecule has 0 unspecified atom stereocenters. The zero-order valence-corrected chi connectivity index (χ0v) is 14.9. The Balaban J connectivity index is 2.18. The van der Waals surface area contributed by atoms with Gasteiger partial charge in [0.1, 0.15) is 0 Å². The molecule has 0 heterocycles. The van der Waals surface area contributed by atoms with Crippen molar-refractivity contribution >= 4 is 23.5 Å². The Morgan fingerprint density at radius 2 is 1.93 bits per heavy atom. The van der Waals surface area contributed by atoms with Gasteiger partial charge in [0.15, 0.2) is 17.3 Å². The highest BCUT2D eigenvalue weighted by Gasteiger charge is 2.11. The summed E-state index contributed by atoms with van der Waals surface area (Å²) in [6.07, 6.45) is 2.90. The number of ether oxygens (including phenoxy) is 2. The van der Waals surface area contributed by atoms with Crippen molar-refractivity contribution in [3.05, 3.63) is 59.7 Å². The van der Waals surface area contributed by atoms with Gasteiger partial charge in [-0.2, -0.15) is 8.78 Å². The Kier molecular flexibility index (Phi) is 7.05. The Morgan fingerprint density at radius 3 is 2.59 bits per heavy atom. The standard InChI is InChI=1S/C20H19F2NO4/c1-3-26-19-11-14(8-10-18(19)27-20(21)22)7-9-17(25)15-5-4-6-16(12-15)23-13(2)24/h4-12,20H,3H2,1-2H3,(H,23,24). The number of alkyl halides is 2. The van der Waals surface area contributed by atoms with Gasteiger partial charge < -0.3 is 14.8 Å². The maximum atomic E-state index is 12.4. The summed E-state index contributed by atoms with van der Waals surface area (Å²) in [6.45, 7) is 0.427. The van der Waals surface area contributed by atoms with E-state index in [2.05, 4.69) is 10.1 Å². The average Bonchev–Trinajstić information content (AvgIpc) is 2.61. The molecule has 0 aromatic heterocycles. The zero-order valence-electron chi connectivity index (χ0n) is 14.9. The van der Waals surface area contributed by atoms with Crippen LogP contribution >= 0.6 is 0 Å². The monoisotopic (exact) mass is 375 g/mol. The van der Waals surface area contributed by atoms with E-state index in [0.717, 1.165) is 0 Å². The molecule has 7 heteroatoms. The summed E-state index contributed by atoms with van der Waals surface area (Å²) in [5.41, 5.74) is 1.51. The van der Waals surface area contributed by atoms with E-state index in [1.807, 2.05) is 0 Å². The van der Waals surface area contributed by atoms with Gasteiger partial charge in [0, 0.05) is 18.2 Å². The maximum Gasteiger partial charge on any atom is 0.387 e. The van der Waals surface area contributed by atoms with Gasteiger partial charge in [-0.15, -0.1) is 0 Å². The molecule has 0 atom stereocenters. The number of carbonyl (C=O) groups excluding carboxylic acids is 2. The van der Waals surface area contributed by atoms with Gasteiger partial charge in [-0.3, -0.25) is 9.59 Å². The van der Waals surface area contributed by atoms with E-state index in [0.29, 0.717) is 16.8 Å². The van der Waals surface area contributed by atoms with E-state index >= 15 is 0 Å². The first kappa shape index (κ1) is 20.1. The fourth-order valence-electron chi connectivity index (χ4n) is 2.31. The number of halogens is 2. The quantitative estimate of drug-likeness (QED) is 0.543. The van der Waals surface area contributed by atoms with Gasteiger partial charge in [0.2, 0.25) is 5.91 Å². The van der Waals surface area contributed by atoms with Crippen LogP contribution in [0.3, 0.4) is 0 Å². The molecule has 0 saturated heterocycles. The van der Waals surface area contributed by atoms with E-state index in [-0.39, 0.29) is 29.8 Å². The Labute approximate surface area is 155 Å². The summed E-state index contributed by atoms with van der Waals surface area (Å²) in [5.74, 6) is -0.406. The van der Waals surface area contributed by atoms with Crippen molar-refractivity contribution in [2.45, 2.75) is 20.5 Å². The first-order valence-corrected chi connectivity index (χ1v) is 8.20. The van der Waals surface area contributed by atoms with E-state index in [1.165, 1.54) is 31.2 Å². The zero-order chi connectivity index (χ0) is 19.8. The highest BCUT2D eigenvalue weighted by Crippen LogP contribution is 2.30. The molecule has 2 rings (SSSR count). The van der Waals surface area contributed by atoms with Crippen molar-refractivity contribution in [2.24, 2.45) is 0 Å². The molecule has 0 fully saturated rings. The van der Waals surface area contributed by atoms with Crippen molar-refractivity contribution in [1.29, 1.82) is 0 Å². The number of ketones is 1. The summed E-state index contributed by atoms with van der Waals surface area (Å²) in [6, 6.07) is 11.0. The third-order valence-electron chi connectivity index (χ3n) is 3.38. The highest BCUT2D eigenvalue weighted by atomic mass is 19.3. The van der Waals surface area contributed by atoms with E-state index in [4.69, 9.17) is 4.74 Å². The van der Waals surface area contributed by atoms with Crippen LogP contribution < -0.4 is 14.8 Å². The Morgan fingerprint density at radius 1 is 1.15 bits per heavy atom. The van der Waals surface area contributed by atoms with Crippen LogP contribution in [0, 0.1) is 0 Å². The number of hydrogen-bond acceptors (Lipinski definition) is 4. The van der Waals surface area contributed by atoms with Crippen molar-refractivity contribution in [2.75, 3.05) is 11.9 Å². The van der Waals surface area contributed by atoms with Crippen molar-refractivity contribution in [3.8, 4) is 11.5 Å². The highest BCUT2D eigenvalue weighted by molar-refractivity contribution is 6.07. The van der Waals surface area contributed by atoms with Crippen LogP contribution in [0.15, 0.2) is 48.5 Å². The van der Waals surface area contributed by atoms with Crippen molar-refractivity contribution < 1.29 is 27.8 Å². The molecule has 2 aromatic rings. The van der Waals surface area contributed by atoms with Gasteiger partial charge in [0.05, 0.1) is 6.61 Å². The molecule has 0 aliphatic heterocycles.